The minimum atomic E-state index is -3.04. The highest BCUT2D eigenvalue weighted by atomic mass is 32.2. The van der Waals surface area contributed by atoms with E-state index in [2.05, 4.69) is 12.3 Å². The highest BCUT2D eigenvalue weighted by Gasteiger charge is 2.35. The molecule has 1 aliphatic heterocycles. The van der Waals surface area contributed by atoms with Crippen LogP contribution < -0.4 is 11.3 Å². The Morgan fingerprint density at radius 3 is 2.53 bits per heavy atom. The maximum Gasteiger partial charge on any atom is 0.155 e. The van der Waals surface area contributed by atoms with Gasteiger partial charge in [-0.05, 0) is 30.4 Å². The summed E-state index contributed by atoms with van der Waals surface area (Å²) in [6.45, 7) is 2.10. The van der Waals surface area contributed by atoms with Gasteiger partial charge in [-0.15, -0.1) is 0 Å². The molecule has 4 nitrogen and oxygen atoms in total. The first kappa shape index (κ1) is 14.5. The second-order valence-corrected chi connectivity index (χ2v) is 7.48. The third-order valence-corrected chi connectivity index (χ3v) is 6.22. The molecule has 5 heteroatoms. The number of rotatable bonds is 4. The molecule has 3 N–H and O–H groups in total. The quantitative estimate of drug-likeness (QED) is 0.651. The molecule has 1 aliphatic rings. The van der Waals surface area contributed by atoms with Crippen LogP contribution in [-0.2, 0) is 16.3 Å². The molecule has 0 aliphatic carbocycles. The smallest absolute Gasteiger partial charge is 0.155 e. The van der Waals surface area contributed by atoms with Crippen molar-refractivity contribution in [1.82, 2.24) is 5.43 Å². The van der Waals surface area contributed by atoms with Crippen LogP contribution in [-0.4, -0.2) is 19.4 Å². The Morgan fingerprint density at radius 1 is 1.32 bits per heavy atom. The first-order valence-electron chi connectivity index (χ1n) is 6.85. The van der Waals surface area contributed by atoms with Gasteiger partial charge in [0.05, 0.1) is 17.0 Å². The average Bonchev–Trinajstić information content (AvgIpc) is 2.42. The van der Waals surface area contributed by atoms with E-state index < -0.39 is 15.1 Å². The van der Waals surface area contributed by atoms with Crippen LogP contribution in [0.4, 0.5) is 0 Å². The van der Waals surface area contributed by atoms with Gasteiger partial charge >= 0.3 is 0 Å². The van der Waals surface area contributed by atoms with E-state index in [1.807, 2.05) is 24.3 Å². The summed E-state index contributed by atoms with van der Waals surface area (Å²) in [6.07, 6.45) is 3.38. The van der Waals surface area contributed by atoms with Gasteiger partial charge in [0.25, 0.3) is 0 Å². The van der Waals surface area contributed by atoms with Gasteiger partial charge in [0, 0.05) is 0 Å². The third kappa shape index (κ3) is 3.16. The summed E-state index contributed by atoms with van der Waals surface area (Å²) in [7, 11) is -3.04. The molecule has 0 saturated carbocycles. The molecule has 0 amide bonds. The molecule has 1 fully saturated rings. The van der Waals surface area contributed by atoms with E-state index in [9.17, 15) is 8.42 Å². The van der Waals surface area contributed by atoms with E-state index in [0.29, 0.717) is 6.42 Å². The molecular formula is C14H22N2O2S. The van der Waals surface area contributed by atoms with E-state index in [1.54, 1.807) is 0 Å². The SMILES string of the molecule is CCc1ccc(C(NN)C2CCCCS2(=O)=O)cc1. The van der Waals surface area contributed by atoms with Crippen LogP contribution in [0.25, 0.3) is 0 Å². The largest absolute Gasteiger partial charge is 0.271 e. The fourth-order valence-electron chi connectivity index (χ4n) is 2.73. The van der Waals surface area contributed by atoms with E-state index in [4.69, 9.17) is 5.84 Å². The number of benzene rings is 1. The van der Waals surface area contributed by atoms with Crippen molar-refractivity contribution in [2.24, 2.45) is 5.84 Å². The van der Waals surface area contributed by atoms with Crippen LogP contribution in [0.2, 0.25) is 0 Å². The Bertz CT molecular complexity index is 511. The monoisotopic (exact) mass is 282 g/mol. The van der Waals surface area contributed by atoms with Crippen molar-refractivity contribution in [1.29, 1.82) is 0 Å². The van der Waals surface area contributed by atoms with Gasteiger partial charge in [0.1, 0.15) is 0 Å². The Kier molecular flexibility index (Phi) is 4.60. The fourth-order valence-corrected chi connectivity index (χ4v) is 4.82. The van der Waals surface area contributed by atoms with Crippen LogP contribution >= 0.6 is 0 Å². The Balaban J connectivity index is 2.27. The number of nitrogens with one attached hydrogen (secondary N) is 1. The molecule has 0 bridgehead atoms. The van der Waals surface area contributed by atoms with Gasteiger partial charge < -0.3 is 0 Å². The molecule has 0 radical (unpaired) electrons. The zero-order chi connectivity index (χ0) is 13.9. The summed E-state index contributed by atoms with van der Waals surface area (Å²) in [5, 5.41) is -0.404. The predicted molar refractivity (Wildman–Crippen MR) is 77.3 cm³/mol. The lowest BCUT2D eigenvalue weighted by molar-refractivity contribution is 0.454. The normalized spacial score (nSPS) is 24.0. The lowest BCUT2D eigenvalue weighted by Crippen LogP contribution is -2.43. The second kappa shape index (κ2) is 6.03. The summed E-state index contributed by atoms with van der Waals surface area (Å²) in [5.41, 5.74) is 4.90. The summed E-state index contributed by atoms with van der Waals surface area (Å²) in [5.74, 6) is 5.89. The standard InChI is InChI=1S/C14H22N2O2S/c1-2-11-6-8-12(9-7-11)14(16-15)13-5-3-4-10-19(13,17)18/h6-9,13-14,16H,2-5,10,15H2,1H3. The van der Waals surface area contributed by atoms with Gasteiger partial charge in [-0.2, -0.15) is 0 Å². The Labute approximate surface area is 115 Å². The van der Waals surface area contributed by atoms with Crippen molar-refractivity contribution in [2.45, 2.75) is 43.9 Å². The van der Waals surface area contributed by atoms with Gasteiger partial charge in [0.15, 0.2) is 9.84 Å². The van der Waals surface area contributed by atoms with Crippen molar-refractivity contribution in [2.75, 3.05) is 5.75 Å². The van der Waals surface area contributed by atoms with E-state index in [-0.39, 0.29) is 11.8 Å². The molecular weight excluding hydrogens is 260 g/mol. The van der Waals surface area contributed by atoms with Gasteiger partial charge in [0.2, 0.25) is 0 Å². The summed E-state index contributed by atoms with van der Waals surface area (Å²) < 4.78 is 24.4. The van der Waals surface area contributed by atoms with Crippen LogP contribution in [0.3, 0.4) is 0 Å². The van der Waals surface area contributed by atoms with Crippen molar-refractivity contribution in [3.63, 3.8) is 0 Å². The fraction of sp³-hybridized carbons (Fsp3) is 0.571. The maximum atomic E-state index is 12.2. The molecule has 1 heterocycles. The number of hydrazine groups is 1. The third-order valence-electron chi connectivity index (χ3n) is 3.93. The van der Waals surface area contributed by atoms with Crippen molar-refractivity contribution >= 4 is 9.84 Å². The summed E-state index contributed by atoms with van der Waals surface area (Å²) >= 11 is 0. The molecule has 1 aromatic carbocycles. The number of hydrogen-bond donors (Lipinski definition) is 2. The highest BCUT2D eigenvalue weighted by Crippen LogP contribution is 2.30. The molecule has 0 aromatic heterocycles. The Morgan fingerprint density at radius 2 is 2.00 bits per heavy atom. The van der Waals surface area contributed by atoms with Crippen LogP contribution in [0.5, 0.6) is 0 Å². The molecule has 2 rings (SSSR count). The van der Waals surface area contributed by atoms with E-state index in [1.165, 1.54) is 5.56 Å². The lowest BCUT2D eigenvalue weighted by atomic mass is 9.98. The zero-order valence-corrected chi connectivity index (χ0v) is 12.1. The van der Waals surface area contributed by atoms with E-state index in [0.717, 1.165) is 24.8 Å². The van der Waals surface area contributed by atoms with Crippen LogP contribution in [0, 0.1) is 0 Å². The maximum absolute atomic E-state index is 12.2. The van der Waals surface area contributed by atoms with Crippen molar-refractivity contribution < 1.29 is 8.42 Å². The minimum Gasteiger partial charge on any atom is -0.271 e. The molecule has 19 heavy (non-hydrogen) atoms. The number of hydrogen-bond acceptors (Lipinski definition) is 4. The topological polar surface area (TPSA) is 72.2 Å². The number of aryl methyl sites for hydroxylation is 1. The first-order valence-corrected chi connectivity index (χ1v) is 8.56. The zero-order valence-electron chi connectivity index (χ0n) is 11.3. The molecule has 2 atom stereocenters. The van der Waals surface area contributed by atoms with Crippen molar-refractivity contribution in [3.05, 3.63) is 35.4 Å². The van der Waals surface area contributed by atoms with Crippen LogP contribution in [0.15, 0.2) is 24.3 Å². The molecule has 106 valence electrons. The number of nitrogens with two attached hydrogens (primary N) is 1. The first-order chi connectivity index (χ1) is 9.08. The highest BCUT2D eigenvalue weighted by molar-refractivity contribution is 7.92. The predicted octanol–water partition coefficient (Wildman–Crippen LogP) is 1.72. The molecule has 0 spiro atoms. The minimum absolute atomic E-state index is 0.281. The molecule has 1 saturated heterocycles. The molecule has 1 aromatic rings. The summed E-state index contributed by atoms with van der Waals surface area (Å²) in [6, 6.07) is 7.72. The lowest BCUT2D eigenvalue weighted by Gasteiger charge is -2.30. The molecule has 2 unspecified atom stereocenters. The second-order valence-electron chi connectivity index (χ2n) is 5.14. The van der Waals surface area contributed by atoms with E-state index >= 15 is 0 Å². The van der Waals surface area contributed by atoms with Gasteiger partial charge in [-0.25, -0.2) is 8.42 Å². The van der Waals surface area contributed by atoms with Crippen LogP contribution in [0.1, 0.15) is 43.4 Å². The Hall–Kier alpha value is -0.910. The van der Waals surface area contributed by atoms with Crippen molar-refractivity contribution in [3.8, 4) is 0 Å². The summed E-state index contributed by atoms with van der Waals surface area (Å²) in [4.78, 5) is 0. The van der Waals surface area contributed by atoms with Gasteiger partial charge in [-0.3, -0.25) is 11.3 Å². The van der Waals surface area contributed by atoms with Gasteiger partial charge in [-0.1, -0.05) is 37.6 Å². The number of sulfone groups is 1. The average molecular weight is 282 g/mol.